The average Bonchev–Trinajstić information content (AvgIpc) is 3.26. The summed E-state index contributed by atoms with van der Waals surface area (Å²) < 4.78 is 20.4. The Morgan fingerprint density at radius 3 is 2.56 bits per heavy atom. The van der Waals surface area contributed by atoms with Crippen molar-refractivity contribution < 1.29 is 8.81 Å². The fraction of sp³-hybridized carbons (Fsp3) is 0.105. The largest absolute Gasteiger partial charge is 0.411 e. The predicted octanol–water partition coefficient (Wildman–Crippen LogP) is 5.32. The molecule has 0 aliphatic carbocycles. The number of aromatic nitrogens is 4. The Hall–Kier alpha value is -2.64. The van der Waals surface area contributed by atoms with Gasteiger partial charge in [-0.1, -0.05) is 41.6 Å². The van der Waals surface area contributed by atoms with Gasteiger partial charge in [0.2, 0.25) is 5.89 Å². The standard InChI is InChI=1S/C19H14ClFN4OS/c1-12-16(17(20)25(24-12)15-5-3-2-4-6-15)11-27-19-23-22-18(26-19)13-7-9-14(21)10-8-13/h2-10H,11H2,1H3. The van der Waals surface area contributed by atoms with E-state index in [1.165, 1.54) is 23.9 Å². The summed E-state index contributed by atoms with van der Waals surface area (Å²) >= 11 is 7.91. The van der Waals surface area contributed by atoms with E-state index in [0.29, 0.717) is 27.6 Å². The quantitative estimate of drug-likeness (QED) is 0.424. The fourth-order valence-electron chi connectivity index (χ4n) is 2.55. The van der Waals surface area contributed by atoms with Crippen LogP contribution in [0.25, 0.3) is 17.1 Å². The second-order valence-electron chi connectivity index (χ2n) is 5.77. The van der Waals surface area contributed by atoms with Gasteiger partial charge in [-0.25, -0.2) is 9.07 Å². The topological polar surface area (TPSA) is 56.7 Å². The molecule has 0 aliphatic rings. The molecular formula is C19H14ClFN4OS. The van der Waals surface area contributed by atoms with E-state index >= 15 is 0 Å². The molecule has 0 spiro atoms. The van der Waals surface area contributed by atoms with E-state index in [9.17, 15) is 4.39 Å². The molecule has 0 N–H and O–H groups in total. The van der Waals surface area contributed by atoms with Crippen LogP contribution in [0, 0.1) is 12.7 Å². The third-order valence-corrected chi connectivity index (χ3v) is 5.19. The zero-order valence-corrected chi connectivity index (χ0v) is 15.8. The molecule has 8 heteroatoms. The number of hydrogen-bond donors (Lipinski definition) is 0. The Morgan fingerprint density at radius 2 is 1.81 bits per heavy atom. The number of hydrogen-bond acceptors (Lipinski definition) is 5. The van der Waals surface area contributed by atoms with Gasteiger partial charge in [-0.2, -0.15) is 5.10 Å². The molecule has 0 saturated heterocycles. The van der Waals surface area contributed by atoms with Crippen LogP contribution in [0.5, 0.6) is 0 Å². The zero-order valence-electron chi connectivity index (χ0n) is 14.3. The van der Waals surface area contributed by atoms with Crippen molar-refractivity contribution in [2.45, 2.75) is 17.9 Å². The molecule has 0 unspecified atom stereocenters. The van der Waals surface area contributed by atoms with Crippen LogP contribution in [-0.4, -0.2) is 20.0 Å². The van der Waals surface area contributed by atoms with Crippen LogP contribution in [0.4, 0.5) is 4.39 Å². The van der Waals surface area contributed by atoms with Gasteiger partial charge in [0.05, 0.1) is 11.4 Å². The third kappa shape index (κ3) is 3.74. The lowest BCUT2D eigenvalue weighted by Gasteiger charge is -2.02. The van der Waals surface area contributed by atoms with Crippen molar-refractivity contribution in [3.8, 4) is 17.1 Å². The minimum Gasteiger partial charge on any atom is -0.411 e. The number of para-hydroxylation sites is 1. The first-order valence-corrected chi connectivity index (χ1v) is 9.50. The number of thioether (sulfide) groups is 1. The minimum atomic E-state index is -0.312. The number of rotatable bonds is 5. The lowest BCUT2D eigenvalue weighted by atomic mass is 10.2. The first kappa shape index (κ1) is 17.8. The van der Waals surface area contributed by atoms with Gasteiger partial charge in [0, 0.05) is 16.9 Å². The molecule has 4 rings (SSSR count). The van der Waals surface area contributed by atoms with Crippen LogP contribution in [0.1, 0.15) is 11.3 Å². The average molecular weight is 401 g/mol. The van der Waals surface area contributed by atoms with Gasteiger partial charge in [-0.3, -0.25) is 0 Å². The lowest BCUT2D eigenvalue weighted by Crippen LogP contribution is -1.95. The number of aryl methyl sites for hydroxylation is 1. The molecule has 2 aromatic carbocycles. The van der Waals surface area contributed by atoms with Crippen LogP contribution in [-0.2, 0) is 5.75 Å². The van der Waals surface area contributed by atoms with Crippen molar-refractivity contribution in [3.63, 3.8) is 0 Å². The molecule has 0 atom stereocenters. The lowest BCUT2D eigenvalue weighted by molar-refractivity contribution is 0.465. The predicted molar refractivity (Wildman–Crippen MR) is 103 cm³/mol. The van der Waals surface area contributed by atoms with E-state index in [2.05, 4.69) is 15.3 Å². The summed E-state index contributed by atoms with van der Waals surface area (Å²) in [6, 6.07) is 15.6. The van der Waals surface area contributed by atoms with Crippen molar-refractivity contribution in [1.29, 1.82) is 0 Å². The molecule has 0 amide bonds. The third-order valence-electron chi connectivity index (χ3n) is 3.96. The van der Waals surface area contributed by atoms with Crippen molar-refractivity contribution >= 4 is 23.4 Å². The van der Waals surface area contributed by atoms with E-state index in [-0.39, 0.29) is 5.82 Å². The maximum Gasteiger partial charge on any atom is 0.277 e. The van der Waals surface area contributed by atoms with Crippen molar-refractivity contribution in [2.24, 2.45) is 0 Å². The molecule has 0 aliphatic heterocycles. The number of nitrogens with zero attached hydrogens (tertiary/aromatic N) is 4. The SMILES string of the molecule is Cc1nn(-c2ccccc2)c(Cl)c1CSc1nnc(-c2ccc(F)cc2)o1. The monoisotopic (exact) mass is 400 g/mol. The summed E-state index contributed by atoms with van der Waals surface area (Å²) in [5, 5.41) is 13.5. The summed E-state index contributed by atoms with van der Waals surface area (Å²) in [7, 11) is 0. The molecule has 0 fully saturated rings. The van der Waals surface area contributed by atoms with E-state index < -0.39 is 0 Å². The van der Waals surface area contributed by atoms with Gasteiger partial charge in [0.1, 0.15) is 11.0 Å². The Morgan fingerprint density at radius 1 is 1.07 bits per heavy atom. The van der Waals surface area contributed by atoms with Gasteiger partial charge < -0.3 is 4.42 Å². The molecule has 136 valence electrons. The maximum atomic E-state index is 13.0. The van der Waals surface area contributed by atoms with E-state index in [1.54, 1.807) is 16.8 Å². The normalized spacial score (nSPS) is 11.1. The van der Waals surface area contributed by atoms with Crippen molar-refractivity contribution in [1.82, 2.24) is 20.0 Å². The summed E-state index contributed by atoms with van der Waals surface area (Å²) in [5.74, 6) is 0.580. The highest BCUT2D eigenvalue weighted by Crippen LogP contribution is 2.31. The van der Waals surface area contributed by atoms with Gasteiger partial charge in [-0.05, 0) is 43.3 Å². The molecule has 2 aromatic heterocycles. The fourth-order valence-corrected chi connectivity index (χ4v) is 3.81. The summed E-state index contributed by atoms with van der Waals surface area (Å²) in [6.45, 7) is 1.92. The first-order chi connectivity index (χ1) is 13.1. The van der Waals surface area contributed by atoms with Crippen LogP contribution in [0.15, 0.2) is 64.2 Å². The van der Waals surface area contributed by atoms with E-state index in [1.807, 2.05) is 37.3 Å². The smallest absolute Gasteiger partial charge is 0.277 e. The Balaban J connectivity index is 1.51. The minimum absolute atomic E-state index is 0.312. The molecule has 4 aromatic rings. The molecule has 27 heavy (non-hydrogen) atoms. The highest BCUT2D eigenvalue weighted by atomic mass is 35.5. The molecular weight excluding hydrogens is 387 g/mol. The molecule has 0 saturated carbocycles. The molecule has 5 nitrogen and oxygen atoms in total. The highest BCUT2D eigenvalue weighted by molar-refractivity contribution is 7.98. The van der Waals surface area contributed by atoms with Gasteiger partial charge >= 0.3 is 0 Å². The highest BCUT2D eigenvalue weighted by Gasteiger charge is 2.17. The summed E-state index contributed by atoms with van der Waals surface area (Å²) in [5.41, 5.74) is 3.32. The molecule has 0 bridgehead atoms. The van der Waals surface area contributed by atoms with Crippen molar-refractivity contribution in [2.75, 3.05) is 0 Å². The van der Waals surface area contributed by atoms with Crippen LogP contribution >= 0.6 is 23.4 Å². The van der Waals surface area contributed by atoms with Gasteiger partial charge in [-0.15, -0.1) is 10.2 Å². The Labute approximate surface area is 164 Å². The summed E-state index contributed by atoms with van der Waals surface area (Å²) in [6.07, 6.45) is 0. The second-order valence-corrected chi connectivity index (χ2v) is 7.06. The Bertz CT molecular complexity index is 1060. The van der Waals surface area contributed by atoms with Gasteiger partial charge in [0.25, 0.3) is 5.22 Å². The Kier molecular flexibility index (Phi) is 4.96. The molecule has 0 radical (unpaired) electrons. The number of benzene rings is 2. The maximum absolute atomic E-state index is 13.0. The van der Waals surface area contributed by atoms with E-state index in [4.69, 9.17) is 16.0 Å². The van der Waals surface area contributed by atoms with E-state index in [0.717, 1.165) is 16.9 Å². The summed E-state index contributed by atoms with van der Waals surface area (Å²) in [4.78, 5) is 0. The first-order valence-electron chi connectivity index (χ1n) is 8.13. The molecule has 2 heterocycles. The van der Waals surface area contributed by atoms with Crippen molar-refractivity contribution in [3.05, 3.63) is 76.8 Å². The van der Waals surface area contributed by atoms with Crippen LogP contribution < -0.4 is 0 Å². The van der Waals surface area contributed by atoms with Crippen LogP contribution in [0.3, 0.4) is 0 Å². The number of halogens is 2. The zero-order chi connectivity index (χ0) is 18.8. The van der Waals surface area contributed by atoms with Gasteiger partial charge in [0.15, 0.2) is 0 Å². The second kappa shape index (κ2) is 7.54. The van der Waals surface area contributed by atoms with Crippen LogP contribution in [0.2, 0.25) is 5.15 Å².